The highest BCUT2D eigenvalue weighted by molar-refractivity contribution is 7.14. The van der Waals surface area contributed by atoms with Gasteiger partial charge in [-0.3, -0.25) is 9.69 Å². The number of ether oxygens (including phenoxy) is 1. The number of alkyl halides is 1. The van der Waals surface area contributed by atoms with Crippen LogP contribution in [0.4, 0.5) is 5.13 Å². The zero-order chi connectivity index (χ0) is 18.0. The maximum atomic E-state index is 12.3. The second-order valence-corrected chi connectivity index (χ2v) is 6.40. The summed E-state index contributed by atoms with van der Waals surface area (Å²) >= 11 is 7.42. The maximum absolute atomic E-state index is 12.3. The number of carbonyl (C=O) groups excluding carboxylic acids is 2. The van der Waals surface area contributed by atoms with Crippen LogP contribution in [0.1, 0.15) is 17.3 Å². The molecule has 0 N–H and O–H groups in total. The van der Waals surface area contributed by atoms with E-state index < -0.39 is 11.3 Å². The van der Waals surface area contributed by atoms with Crippen molar-refractivity contribution in [1.82, 2.24) is 4.98 Å². The number of esters is 1. The molecule has 1 fully saturated rings. The van der Waals surface area contributed by atoms with Crippen LogP contribution in [0.15, 0.2) is 40.9 Å². The van der Waals surface area contributed by atoms with Gasteiger partial charge in [-0.05, 0) is 5.56 Å². The average molecular weight is 380 g/mol. The van der Waals surface area contributed by atoms with Crippen LogP contribution in [-0.4, -0.2) is 42.2 Å². The number of amides is 1. The van der Waals surface area contributed by atoms with Gasteiger partial charge in [-0.2, -0.15) is 0 Å². The number of methoxy groups -OCH3 is 1. The van der Waals surface area contributed by atoms with E-state index in [1.807, 2.05) is 30.3 Å². The van der Waals surface area contributed by atoms with E-state index in [1.165, 1.54) is 30.5 Å². The quantitative estimate of drug-likeness (QED) is 0.262. The molecule has 9 heteroatoms. The predicted molar refractivity (Wildman–Crippen MR) is 94.0 cm³/mol. The van der Waals surface area contributed by atoms with E-state index in [-0.39, 0.29) is 23.4 Å². The van der Waals surface area contributed by atoms with E-state index in [0.29, 0.717) is 5.13 Å². The Morgan fingerprint density at radius 2 is 2.04 bits per heavy atom. The van der Waals surface area contributed by atoms with Crippen LogP contribution in [-0.2, 0) is 19.2 Å². The second-order valence-electron chi connectivity index (χ2n) is 5.09. The molecule has 7 nitrogen and oxygen atoms in total. The number of thiazole rings is 1. The third kappa shape index (κ3) is 3.10. The van der Waals surface area contributed by atoms with Gasteiger partial charge in [0.1, 0.15) is 18.2 Å². The molecule has 3 rings (SSSR count). The summed E-state index contributed by atoms with van der Waals surface area (Å²) in [4.78, 5) is 34.6. The molecule has 2 unspecified atom stereocenters. The van der Waals surface area contributed by atoms with Crippen LogP contribution in [0.2, 0.25) is 0 Å². The number of rotatable bonds is 5. The molecule has 2 atom stereocenters. The molecule has 1 aromatic carbocycles. The molecule has 0 radical (unpaired) electrons. The Morgan fingerprint density at radius 3 is 2.68 bits per heavy atom. The summed E-state index contributed by atoms with van der Waals surface area (Å²) in [6, 6.07) is 9.15. The average Bonchev–Trinajstić information content (AvgIpc) is 3.11. The smallest absolute Gasteiger partial charge is 0.362 e. The van der Waals surface area contributed by atoms with Crippen molar-refractivity contribution in [3.63, 3.8) is 0 Å². The SMILES string of the molecule is CO/N=C(\C(=O)OC)c1csc(N2C(=O)C(Cl)C2c2ccccc2)n1. The fourth-order valence-corrected chi connectivity index (χ4v) is 3.71. The minimum absolute atomic E-state index is 0.0702. The van der Waals surface area contributed by atoms with Gasteiger partial charge >= 0.3 is 5.97 Å². The van der Waals surface area contributed by atoms with Crippen molar-refractivity contribution < 1.29 is 19.2 Å². The summed E-state index contributed by atoms with van der Waals surface area (Å²) in [5, 5.41) is 5.04. The van der Waals surface area contributed by atoms with Crippen molar-refractivity contribution in [3.05, 3.63) is 47.0 Å². The number of hydrogen-bond acceptors (Lipinski definition) is 7. The monoisotopic (exact) mass is 379 g/mol. The Labute approximate surface area is 152 Å². The first kappa shape index (κ1) is 17.4. The maximum Gasteiger partial charge on any atom is 0.362 e. The van der Waals surface area contributed by atoms with E-state index in [9.17, 15) is 9.59 Å². The lowest BCUT2D eigenvalue weighted by molar-refractivity contribution is -0.132. The molecule has 1 aromatic heterocycles. The molecule has 130 valence electrons. The highest BCUT2D eigenvalue weighted by Gasteiger charge is 2.49. The molecule has 1 amide bonds. The van der Waals surface area contributed by atoms with Crippen molar-refractivity contribution in [3.8, 4) is 0 Å². The van der Waals surface area contributed by atoms with Gasteiger partial charge in [0, 0.05) is 5.38 Å². The first-order valence-corrected chi connectivity index (χ1v) is 8.57. The Morgan fingerprint density at radius 1 is 1.32 bits per heavy atom. The van der Waals surface area contributed by atoms with E-state index in [1.54, 1.807) is 5.38 Å². The number of aromatic nitrogens is 1. The zero-order valence-electron chi connectivity index (χ0n) is 13.4. The summed E-state index contributed by atoms with van der Waals surface area (Å²) in [7, 11) is 2.56. The highest BCUT2D eigenvalue weighted by Crippen LogP contribution is 2.43. The molecule has 0 saturated carbocycles. The summed E-state index contributed by atoms with van der Waals surface area (Å²) in [5.74, 6) is -0.914. The lowest BCUT2D eigenvalue weighted by Gasteiger charge is -2.42. The van der Waals surface area contributed by atoms with Crippen molar-refractivity contribution in [2.24, 2.45) is 5.16 Å². The number of oxime groups is 1. The zero-order valence-corrected chi connectivity index (χ0v) is 15.0. The summed E-state index contributed by atoms with van der Waals surface area (Å²) in [6.45, 7) is 0. The van der Waals surface area contributed by atoms with Gasteiger partial charge in [0.05, 0.1) is 13.2 Å². The molecule has 2 aromatic rings. The first-order chi connectivity index (χ1) is 12.1. The highest BCUT2D eigenvalue weighted by atomic mass is 35.5. The van der Waals surface area contributed by atoms with Gasteiger partial charge in [-0.1, -0.05) is 35.5 Å². The molecule has 0 spiro atoms. The Bertz CT molecular complexity index is 824. The Hall–Kier alpha value is -2.45. The molecule has 0 bridgehead atoms. The number of benzene rings is 1. The lowest BCUT2D eigenvalue weighted by Crippen LogP contribution is -2.56. The molecule has 1 saturated heterocycles. The third-order valence-corrected chi connectivity index (χ3v) is 4.94. The van der Waals surface area contributed by atoms with Crippen LogP contribution in [0.25, 0.3) is 0 Å². The second kappa shape index (κ2) is 7.20. The van der Waals surface area contributed by atoms with Gasteiger partial charge in [-0.15, -0.1) is 22.9 Å². The predicted octanol–water partition coefficient (Wildman–Crippen LogP) is 2.36. The van der Waals surface area contributed by atoms with Crippen molar-refractivity contribution in [1.29, 1.82) is 0 Å². The van der Waals surface area contributed by atoms with Crippen LogP contribution >= 0.6 is 22.9 Å². The molecular formula is C16H14ClN3O4S. The van der Waals surface area contributed by atoms with Crippen molar-refractivity contribution in [2.75, 3.05) is 19.1 Å². The van der Waals surface area contributed by atoms with E-state index in [0.717, 1.165) is 5.56 Å². The number of nitrogens with zero attached hydrogens (tertiary/aromatic N) is 3. The Balaban J connectivity index is 1.92. The van der Waals surface area contributed by atoms with Gasteiger partial charge in [0.25, 0.3) is 0 Å². The number of halogens is 1. The van der Waals surface area contributed by atoms with Crippen molar-refractivity contribution >= 4 is 45.7 Å². The fraction of sp³-hybridized carbons (Fsp3) is 0.250. The molecule has 0 aliphatic carbocycles. The molecule has 2 heterocycles. The molecular weight excluding hydrogens is 366 g/mol. The van der Waals surface area contributed by atoms with Crippen LogP contribution in [0, 0.1) is 0 Å². The molecule has 25 heavy (non-hydrogen) atoms. The third-order valence-electron chi connectivity index (χ3n) is 3.67. The molecule has 1 aliphatic heterocycles. The van der Waals surface area contributed by atoms with Crippen LogP contribution in [0.5, 0.6) is 0 Å². The normalized spacial score (nSPS) is 20.2. The van der Waals surface area contributed by atoms with E-state index in [4.69, 9.17) is 11.6 Å². The standard InChI is InChI=1S/C16H14ClN3O4S/c1-23-15(22)12(19-24-2)10-8-25-16(18-10)20-13(11(17)14(20)21)9-6-4-3-5-7-9/h3-8,11,13H,1-2H3/b19-12-. The van der Waals surface area contributed by atoms with Gasteiger partial charge in [-0.25, -0.2) is 9.78 Å². The summed E-state index contributed by atoms with van der Waals surface area (Å²) < 4.78 is 4.67. The first-order valence-electron chi connectivity index (χ1n) is 7.26. The van der Waals surface area contributed by atoms with Gasteiger partial charge in [0.2, 0.25) is 11.6 Å². The minimum Gasteiger partial charge on any atom is -0.464 e. The van der Waals surface area contributed by atoms with Gasteiger partial charge in [0.15, 0.2) is 5.13 Å². The van der Waals surface area contributed by atoms with Crippen LogP contribution < -0.4 is 4.90 Å². The number of carbonyl (C=O) groups is 2. The summed E-state index contributed by atoms with van der Waals surface area (Å²) in [5.41, 5.74) is 1.11. The Kier molecular flexibility index (Phi) is 5.00. The number of hydrogen-bond donors (Lipinski definition) is 0. The van der Waals surface area contributed by atoms with Crippen molar-refractivity contribution in [2.45, 2.75) is 11.4 Å². The minimum atomic E-state index is -0.677. The number of anilines is 1. The lowest BCUT2D eigenvalue weighted by atomic mass is 9.94. The van der Waals surface area contributed by atoms with E-state index in [2.05, 4.69) is 19.7 Å². The molecule has 1 aliphatic rings. The fourth-order valence-electron chi connectivity index (χ4n) is 2.50. The van der Waals surface area contributed by atoms with Crippen LogP contribution in [0.3, 0.4) is 0 Å². The number of β-lactam (4-membered cyclic amide) rings is 1. The van der Waals surface area contributed by atoms with Gasteiger partial charge < -0.3 is 9.57 Å². The van der Waals surface area contributed by atoms with E-state index >= 15 is 0 Å². The largest absolute Gasteiger partial charge is 0.464 e. The topological polar surface area (TPSA) is 81.1 Å². The summed E-state index contributed by atoms with van der Waals surface area (Å²) in [6.07, 6.45) is 0.